The molecule has 8 heteroatoms. The molecule has 7 nitrogen and oxygen atoms in total. The van der Waals surface area contributed by atoms with Crippen LogP contribution in [0.15, 0.2) is 17.6 Å². The average Bonchev–Trinajstić information content (AvgIpc) is 2.92. The van der Waals surface area contributed by atoms with Gasteiger partial charge < -0.3 is 10.3 Å². The predicted octanol–water partition coefficient (Wildman–Crippen LogP) is -0.301. The van der Waals surface area contributed by atoms with Crippen LogP contribution in [0, 0.1) is 5.92 Å². The van der Waals surface area contributed by atoms with Crippen molar-refractivity contribution in [2.24, 2.45) is 5.92 Å². The van der Waals surface area contributed by atoms with Crippen molar-refractivity contribution in [3.05, 3.63) is 12.5 Å². The summed E-state index contributed by atoms with van der Waals surface area (Å²) in [6.45, 7) is 0.898. The van der Waals surface area contributed by atoms with Gasteiger partial charge in [0.05, 0.1) is 12.5 Å². The normalized spacial score (nSPS) is 28.7. The largest absolute Gasteiger partial charge is 0.353 e. The van der Waals surface area contributed by atoms with Gasteiger partial charge in [-0.25, -0.2) is 13.4 Å². The Morgan fingerprint density at radius 2 is 2.21 bits per heavy atom. The predicted molar refractivity (Wildman–Crippen MR) is 66.6 cm³/mol. The second-order valence-corrected chi connectivity index (χ2v) is 6.95. The Balaban J connectivity index is 1.77. The molecule has 0 saturated carbocycles. The molecule has 19 heavy (non-hydrogen) atoms. The molecule has 2 aliphatic rings. The summed E-state index contributed by atoms with van der Waals surface area (Å²) >= 11 is 0. The van der Waals surface area contributed by atoms with Crippen molar-refractivity contribution in [2.75, 3.05) is 13.1 Å². The van der Waals surface area contributed by atoms with Crippen LogP contribution in [-0.4, -0.2) is 47.7 Å². The van der Waals surface area contributed by atoms with Crippen molar-refractivity contribution in [1.82, 2.24) is 19.6 Å². The van der Waals surface area contributed by atoms with Gasteiger partial charge >= 0.3 is 0 Å². The third kappa shape index (κ3) is 2.25. The number of nitrogens with one attached hydrogen (secondary N) is 2. The van der Waals surface area contributed by atoms with Gasteiger partial charge in [-0.1, -0.05) is 0 Å². The smallest absolute Gasteiger partial charge is 0.260 e. The first-order chi connectivity index (χ1) is 9.07. The quantitative estimate of drug-likeness (QED) is 0.779. The van der Waals surface area contributed by atoms with E-state index in [1.54, 1.807) is 0 Å². The van der Waals surface area contributed by atoms with E-state index in [-0.39, 0.29) is 22.9 Å². The number of imidazole rings is 1. The lowest BCUT2D eigenvalue weighted by Gasteiger charge is -2.40. The average molecular weight is 284 g/mol. The molecule has 2 unspecified atom stereocenters. The van der Waals surface area contributed by atoms with Crippen LogP contribution < -0.4 is 5.32 Å². The summed E-state index contributed by atoms with van der Waals surface area (Å²) in [5, 5.41) is 3.07. The number of nitrogens with zero attached hydrogens (tertiary/aromatic N) is 2. The van der Waals surface area contributed by atoms with E-state index < -0.39 is 10.0 Å². The maximum Gasteiger partial charge on any atom is 0.260 e. The topological polar surface area (TPSA) is 95.2 Å². The van der Waals surface area contributed by atoms with E-state index in [9.17, 15) is 13.2 Å². The molecule has 104 valence electrons. The molecule has 2 aliphatic heterocycles. The first-order valence-electron chi connectivity index (χ1n) is 6.35. The van der Waals surface area contributed by atoms with Gasteiger partial charge in [0.25, 0.3) is 10.0 Å². The molecular weight excluding hydrogens is 268 g/mol. The van der Waals surface area contributed by atoms with E-state index in [2.05, 4.69) is 15.3 Å². The second kappa shape index (κ2) is 4.61. The van der Waals surface area contributed by atoms with Crippen LogP contribution in [0.5, 0.6) is 0 Å². The van der Waals surface area contributed by atoms with Gasteiger partial charge in [0.1, 0.15) is 0 Å². The van der Waals surface area contributed by atoms with E-state index in [1.165, 1.54) is 16.8 Å². The molecule has 2 saturated heterocycles. The van der Waals surface area contributed by atoms with Crippen LogP contribution in [-0.2, 0) is 14.8 Å². The molecule has 3 heterocycles. The molecule has 2 atom stereocenters. The minimum Gasteiger partial charge on any atom is -0.353 e. The molecule has 0 bridgehead atoms. The van der Waals surface area contributed by atoms with Gasteiger partial charge in [0.15, 0.2) is 5.03 Å². The van der Waals surface area contributed by atoms with E-state index in [4.69, 9.17) is 0 Å². The number of piperidine rings is 2. The van der Waals surface area contributed by atoms with Crippen LogP contribution >= 0.6 is 0 Å². The first-order valence-corrected chi connectivity index (χ1v) is 7.79. The number of aromatic nitrogens is 2. The lowest BCUT2D eigenvalue weighted by Crippen LogP contribution is -2.55. The Morgan fingerprint density at radius 1 is 1.37 bits per heavy atom. The first kappa shape index (κ1) is 12.6. The van der Waals surface area contributed by atoms with E-state index in [0.717, 1.165) is 6.42 Å². The van der Waals surface area contributed by atoms with Crippen LogP contribution in [0.2, 0.25) is 0 Å². The van der Waals surface area contributed by atoms with Gasteiger partial charge in [-0.15, -0.1) is 0 Å². The SMILES string of the molecule is O=C1CCC2CN(S(=O)(=O)c3cnc[nH]3)CCC2N1. The van der Waals surface area contributed by atoms with Crippen LogP contribution in [0.3, 0.4) is 0 Å². The van der Waals surface area contributed by atoms with E-state index in [0.29, 0.717) is 25.9 Å². The number of fused-ring (bicyclic) bond motifs is 1. The van der Waals surface area contributed by atoms with Gasteiger partial charge in [0.2, 0.25) is 5.91 Å². The van der Waals surface area contributed by atoms with Gasteiger partial charge in [-0.2, -0.15) is 4.31 Å². The number of carbonyl (C=O) groups excluding carboxylic acids is 1. The molecule has 2 fully saturated rings. The third-order valence-corrected chi connectivity index (χ3v) is 5.67. The number of sulfonamides is 1. The van der Waals surface area contributed by atoms with Gasteiger partial charge in [-0.3, -0.25) is 4.79 Å². The Labute approximate surface area is 111 Å². The Bertz CT molecular complexity index is 569. The van der Waals surface area contributed by atoms with Crippen molar-refractivity contribution in [1.29, 1.82) is 0 Å². The van der Waals surface area contributed by atoms with Crippen molar-refractivity contribution >= 4 is 15.9 Å². The lowest BCUT2D eigenvalue weighted by atomic mass is 9.86. The standard InChI is InChI=1S/C11H16N4O3S/c16-10-2-1-8-6-15(4-3-9(8)14-10)19(17,18)11-5-12-7-13-11/h5,7-9H,1-4,6H2,(H,12,13)(H,14,16). The van der Waals surface area contributed by atoms with Crippen molar-refractivity contribution < 1.29 is 13.2 Å². The summed E-state index contributed by atoms with van der Waals surface area (Å²) in [6, 6.07) is 0.120. The second-order valence-electron chi connectivity index (χ2n) is 5.04. The summed E-state index contributed by atoms with van der Waals surface area (Å²) in [5.74, 6) is 0.287. The molecule has 1 aromatic rings. The zero-order valence-electron chi connectivity index (χ0n) is 10.4. The van der Waals surface area contributed by atoms with Crippen LogP contribution in [0.1, 0.15) is 19.3 Å². The van der Waals surface area contributed by atoms with Crippen molar-refractivity contribution in [3.8, 4) is 0 Å². The summed E-state index contributed by atoms with van der Waals surface area (Å²) in [6.07, 6.45) is 4.60. The zero-order valence-corrected chi connectivity index (χ0v) is 11.2. The Hall–Kier alpha value is -1.41. The number of H-pyrrole nitrogens is 1. The summed E-state index contributed by atoms with van der Waals surface area (Å²) in [7, 11) is -3.48. The number of hydrogen-bond donors (Lipinski definition) is 2. The molecule has 0 radical (unpaired) electrons. The zero-order chi connectivity index (χ0) is 13.5. The van der Waals surface area contributed by atoms with Crippen molar-refractivity contribution in [2.45, 2.75) is 30.3 Å². The number of hydrogen-bond acceptors (Lipinski definition) is 4. The number of aromatic amines is 1. The molecular formula is C11H16N4O3S. The highest BCUT2D eigenvalue weighted by atomic mass is 32.2. The van der Waals surface area contributed by atoms with Gasteiger partial charge in [0, 0.05) is 25.6 Å². The molecule has 0 aliphatic carbocycles. The van der Waals surface area contributed by atoms with E-state index in [1.807, 2.05) is 0 Å². The Morgan fingerprint density at radius 3 is 2.95 bits per heavy atom. The Kier molecular flexibility index (Phi) is 3.06. The third-order valence-electron chi connectivity index (χ3n) is 3.88. The fraction of sp³-hybridized carbons (Fsp3) is 0.636. The van der Waals surface area contributed by atoms with Gasteiger partial charge in [-0.05, 0) is 18.8 Å². The monoisotopic (exact) mass is 284 g/mol. The minimum atomic E-state index is -3.48. The molecule has 1 aromatic heterocycles. The molecule has 0 aromatic carbocycles. The molecule has 3 rings (SSSR count). The minimum absolute atomic E-state index is 0.0751. The van der Waals surface area contributed by atoms with Crippen LogP contribution in [0.4, 0.5) is 0 Å². The molecule has 2 N–H and O–H groups in total. The number of carbonyl (C=O) groups is 1. The lowest BCUT2D eigenvalue weighted by molar-refractivity contribution is -0.124. The highest BCUT2D eigenvalue weighted by Crippen LogP contribution is 2.28. The number of rotatable bonds is 2. The maximum absolute atomic E-state index is 12.4. The van der Waals surface area contributed by atoms with Crippen LogP contribution in [0.25, 0.3) is 0 Å². The van der Waals surface area contributed by atoms with Crippen molar-refractivity contribution in [3.63, 3.8) is 0 Å². The highest BCUT2D eigenvalue weighted by molar-refractivity contribution is 7.89. The summed E-state index contributed by atoms with van der Waals surface area (Å²) in [4.78, 5) is 17.7. The van der Waals surface area contributed by atoms with E-state index >= 15 is 0 Å². The molecule has 0 spiro atoms. The summed E-state index contributed by atoms with van der Waals surface area (Å²) < 4.78 is 26.2. The fourth-order valence-electron chi connectivity index (χ4n) is 2.82. The maximum atomic E-state index is 12.4. The highest BCUT2D eigenvalue weighted by Gasteiger charge is 2.38. The molecule has 1 amide bonds. The fourth-order valence-corrected chi connectivity index (χ4v) is 4.23. The number of amides is 1. The summed E-state index contributed by atoms with van der Waals surface area (Å²) in [5.41, 5.74) is 0.